The van der Waals surface area contributed by atoms with Crippen molar-refractivity contribution in [2.45, 2.75) is 19.9 Å². The first-order chi connectivity index (χ1) is 4.30. The van der Waals surface area contributed by atoms with Crippen LogP contribution in [0.25, 0.3) is 0 Å². The predicted octanol–water partition coefficient (Wildman–Crippen LogP) is 1.72. The summed E-state index contributed by atoms with van der Waals surface area (Å²) in [5, 5.41) is 8.19. The van der Waals surface area contributed by atoms with Gasteiger partial charge in [-0.05, 0) is 11.8 Å². The predicted molar refractivity (Wildman–Crippen MR) is 35.3 cm³/mol. The van der Waals surface area contributed by atoms with Crippen LogP contribution in [0.2, 0.25) is 0 Å². The van der Waals surface area contributed by atoms with Crippen molar-refractivity contribution in [2.75, 3.05) is 6.54 Å². The van der Waals surface area contributed by atoms with E-state index in [4.69, 9.17) is 0 Å². The third-order valence-corrected chi connectivity index (χ3v) is 2.99. The minimum absolute atomic E-state index is 0.597. The Balaban J connectivity index is 2.12. The summed E-state index contributed by atoms with van der Waals surface area (Å²) >= 11 is 0. The van der Waals surface area contributed by atoms with E-state index in [2.05, 4.69) is 24.1 Å². The number of fused-ring (bicyclic) bond motifs is 1. The summed E-state index contributed by atoms with van der Waals surface area (Å²) in [6.07, 6.45) is 0. The highest BCUT2D eigenvalue weighted by Crippen LogP contribution is 2.45. The summed E-state index contributed by atoms with van der Waals surface area (Å²) in [5.74, 6) is 2.46. The fourth-order valence-corrected chi connectivity index (χ4v) is 1.96. The van der Waals surface area contributed by atoms with Crippen molar-refractivity contribution in [1.82, 2.24) is 0 Å². The second-order valence-electron chi connectivity index (χ2n) is 3.31. The molecule has 2 nitrogen and oxygen atoms in total. The van der Waals surface area contributed by atoms with E-state index in [1.54, 1.807) is 0 Å². The first-order valence-corrected chi connectivity index (χ1v) is 3.67. The van der Waals surface area contributed by atoms with E-state index >= 15 is 0 Å². The summed E-state index contributed by atoms with van der Waals surface area (Å²) in [6.45, 7) is 5.58. The third kappa shape index (κ3) is 0.511. The number of rotatable bonds is 0. The topological polar surface area (TPSA) is 24.7 Å². The number of hydrogen-bond donors (Lipinski definition) is 0. The molecule has 0 spiro atoms. The molecule has 0 radical (unpaired) electrons. The van der Waals surface area contributed by atoms with E-state index in [1.807, 2.05) is 0 Å². The minimum Gasteiger partial charge on any atom is -0.194 e. The molecule has 1 saturated carbocycles. The molecule has 0 unspecified atom stereocenters. The molecule has 1 aliphatic heterocycles. The number of azo groups is 1. The molecule has 0 aromatic carbocycles. The lowest BCUT2D eigenvalue weighted by Crippen LogP contribution is -2.45. The van der Waals surface area contributed by atoms with E-state index in [9.17, 15) is 0 Å². The Hall–Kier alpha value is -0.400. The third-order valence-electron chi connectivity index (χ3n) is 2.99. The van der Waals surface area contributed by atoms with Crippen LogP contribution in [0.3, 0.4) is 0 Å². The molecule has 1 fully saturated rings. The Kier molecular flexibility index (Phi) is 0.930. The SMILES string of the molecule is C[C@@H]1[C@H](C)[C@H]2N=NC[C@@H]12. The van der Waals surface area contributed by atoms with Gasteiger partial charge in [0.1, 0.15) is 0 Å². The van der Waals surface area contributed by atoms with Gasteiger partial charge in [0.2, 0.25) is 0 Å². The molecule has 0 aromatic rings. The molecule has 0 aromatic heterocycles. The highest BCUT2D eigenvalue weighted by Gasteiger charge is 2.47. The lowest BCUT2D eigenvalue weighted by molar-refractivity contribution is 0.0933. The van der Waals surface area contributed by atoms with Gasteiger partial charge in [0.25, 0.3) is 0 Å². The quantitative estimate of drug-likeness (QED) is 0.469. The summed E-state index contributed by atoms with van der Waals surface area (Å²) in [4.78, 5) is 0. The molecule has 50 valence electrons. The van der Waals surface area contributed by atoms with Crippen molar-refractivity contribution in [2.24, 2.45) is 28.0 Å². The molecule has 2 aliphatic rings. The van der Waals surface area contributed by atoms with Crippen LogP contribution >= 0.6 is 0 Å². The largest absolute Gasteiger partial charge is 0.194 e. The second kappa shape index (κ2) is 1.55. The lowest BCUT2D eigenvalue weighted by atomic mass is 9.63. The normalized spacial score (nSPS) is 54.9. The van der Waals surface area contributed by atoms with E-state index < -0.39 is 0 Å². The van der Waals surface area contributed by atoms with Crippen LogP contribution in [-0.2, 0) is 0 Å². The van der Waals surface area contributed by atoms with Gasteiger partial charge in [-0.1, -0.05) is 13.8 Å². The summed E-state index contributed by atoms with van der Waals surface area (Å²) in [7, 11) is 0. The van der Waals surface area contributed by atoms with Crippen molar-refractivity contribution in [1.29, 1.82) is 0 Å². The number of nitrogens with zero attached hydrogens (tertiary/aromatic N) is 2. The van der Waals surface area contributed by atoms with Crippen molar-refractivity contribution < 1.29 is 0 Å². The van der Waals surface area contributed by atoms with Crippen molar-refractivity contribution >= 4 is 0 Å². The van der Waals surface area contributed by atoms with Crippen LogP contribution < -0.4 is 0 Å². The van der Waals surface area contributed by atoms with Crippen molar-refractivity contribution in [3.8, 4) is 0 Å². The van der Waals surface area contributed by atoms with Crippen molar-refractivity contribution in [3.63, 3.8) is 0 Å². The molecule has 0 N–H and O–H groups in total. The van der Waals surface area contributed by atoms with Gasteiger partial charge in [0.15, 0.2) is 0 Å². The maximum Gasteiger partial charge on any atom is 0.0785 e. The zero-order valence-corrected chi connectivity index (χ0v) is 5.91. The Morgan fingerprint density at radius 2 is 2.00 bits per heavy atom. The molecule has 2 heteroatoms. The van der Waals surface area contributed by atoms with Crippen LogP contribution in [0.4, 0.5) is 0 Å². The maximum absolute atomic E-state index is 4.16. The lowest BCUT2D eigenvalue weighted by Gasteiger charge is -2.42. The molecule has 1 aliphatic carbocycles. The van der Waals surface area contributed by atoms with Gasteiger partial charge < -0.3 is 0 Å². The Morgan fingerprint density at radius 3 is 2.67 bits per heavy atom. The summed E-state index contributed by atoms with van der Waals surface area (Å²) in [5.41, 5.74) is 0. The Labute approximate surface area is 55.4 Å². The Morgan fingerprint density at radius 1 is 1.22 bits per heavy atom. The molecule has 0 amide bonds. The molecule has 2 rings (SSSR count). The molecule has 9 heavy (non-hydrogen) atoms. The standard InChI is InChI=1S/C7H12N2/c1-4-5(2)7-6(4)3-8-9-7/h4-7H,3H2,1-2H3/t4-,5+,6+,7-/m1/s1. The molecule has 0 bridgehead atoms. The van der Waals surface area contributed by atoms with Gasteiger partial charge in [-0.25, -0.2) is 0 Å². The van der Waals surface area contributed by atoms with Gasteiger partial charge in [-0.15, -0.1) is 0 Å². The zero-order valence-electron chi connectivity index (χ0n) is 5.91. The van der Waals surface area contributed by atoms with E-state index in [0.29, 0.717) is 6.04 Å². The first kappa shape index (κ1) is 5.39. The van der Waals surface area contributed by atoms with Gasteiger partial charge in [0, 0.05) is 5.92 Å². The highest BCUT2D eigenvalue weighted by atomic mass is 15.2. The van der Waals surface area contributed by atoms with Gasteiger partial charge in [-0.2, -0.15) is 10.2 Å². The van der Waals surface area contributed by atoms with Crippen LogP contribution in [0, 0.1) is 17.8 Å². The smallest absolute Gasteiger partial charge is 0.0785 e. The summed E-state index contributed by atoms with van der Waals surface area (Å²) < 4.78 is 0. The molecular formula is C7H12N2. The van der Waals surface area contributed by atoms with Gasteiger partial charge >= 0.3 is 0 Å². The summed E-state index contributed by atoms with van der Waals surface area (Å²) in [6, 6.07) is 0.597. The second-order valence-corrected chi connectivity index (χ2v) is 3.31. The number of hydrogen-bond acceptors (Lipinski definition) is 2. The van der Waals surface area contributed by atoms with E-state index in [-0.39, 0.29) is 0 Å². The molecular weight excluding hydrogens is 112 g/mol. The zero-order chi connectivity index (χ0) is 6.43. The van der Waals surface area contributed by atoms with Crippen LogP contribution in [0.1, 0.15) is 13.8 Å². The van der Waals surface area contributed by atoms with Crippen molar-refractivity contribution in [3.05, 3.63) is 0 Å². The maximum atomic E-state index is 4.16. The van der Waals surface area contributed by atoms with Crippen LogP contribution in [0.5, 0.6) is 0 Å². The molecule has 1 heterocycles. The Bertz CT molecular complexity index is 153. The molecule has 0 saturated heterocycles. The molecule has 4 atom stereocenters. The average Bonchev–Trinajstić information content (AvgIpc) is 2.30. The fourth-order valence-electron chi connectivity index (χ4n) is 1.96. The highest BCUT2D eigenvalue weighted by molar-refractivity contribution is 5.00. The monoisotopic (exact) mass is 124 g/mol. The van der Waals surface area contributed by atoms with E-state index in [0.717, 1.165) is 24.3 Å². The van der Waals surface area contributed by atoms with E-state index in [1.165, 1.54) is 0 Å². The fraction of sp³-hybridized carbons (Fsp3) is 1.00. The average molecular weight is 124 g/mol. The first-order valence-electron chi connectivity index (χ1n) is 3.67. The van der Waals surface area contributed by atoms with Gasteiger partial charge in [0.05, 0.1) is 12.6 Å². The minimum atomic E-state index is 0.597. The van der Waals surface area contributed by atoms with Gasteiger partial charge in [-0.3, -0.25) is 0 Å². The van der Waals surface area contributed by atoms with Crippen LogP contribution in [0.15, 0.2) is 10.2 Å². The van der Waals surface area contributed by atoms with Crippen LogP contribution in [-0.4, -0.2) is 12.6 Å².